The number of aromatic nitrogens is 3. The smallest absolute Gasteiger partial charge is 0.141 e. The second-order valence-electron chi connectivity index (χ2n) is 4.23. The van der Waals surface area contributed by atoms with Crippen LogP contribution in [0.25, 0.3) is 0 Å². The van der Waals surface area contributed by atoms with Crippen LogP contribution >= 0.6 is 0 Å². The standard InChI is InChI=1S/C11H21N5/c1-3-10-7-12-5-6-15(10)8-11-13-9-14-16(11)4-2/h9-10,12H,3-8H2,1-2H3. The van der Waals surface area contributed by atoms with Crippen molar-refractivity contribution in [2.24, 2.45) is 0 Å². The minimum Gasteiger partial charge on any atom is -0.314 e. The molecule has 1 saturated heterocycles. The second kappa shape index (κ2) is 5.41. The van der Waals surface area contributed by atoms with E-state index in [1.807, 2.05) is 4.68 Å². The van der Waals surface area contributed by atoms with Gasteiger partial charge in [-0.1, -0.05) is 6.92 Å². The van der Waals surface area contributed by atoms with Gasteiger partial charge in [-0.3, -0.25) is 4.90 Å². The van der Waals surface area contributed by atoms with Crippen molar-refractivity contribution in [2.75, 3.05) is 19.6 Å². The molecule has 5 nitrogen and oxygen atoms in total. The summed E-state index contributed by atoms with van der Waals surface area (Å²) in [6.45, 7) is 9.46. The SMILES string of the molecule is CCC1CNCCN1Cc1ncnn1CC. The Kier molecular flexibility index (Phi) is 3.90. The summed E-state index contributed by atoms with van der Waals surface area (Å²) >= 11 is 0. The highest BCUT2D eigenvalue weighted by molar-refractivity contribution is 4.88. The molecule has 1 fully saturated rings. The molecule has 90 valence electrons. The third-order valence-corrected chi connectivity index (χ3v) is 3.28. The Labute approximate surface area is 96.8 Å². The summed E-state index contributed by atoms with van der Waals surface area (Å²) in [5.41, 5.74) is 0. The third kappa shape index (κ3) is 2.41. The van der Waals surface area contributed by atoms with Crippen molar-refractivity contribution in [2.45, 2.75) is 39.4 Å². The molecule has 1 aromatic rings. The van der Waals surface area contributed by atoms with Gasteiger partial charge in [0.15, 0.2) is 0 Å². The molecule has 1 aliphatic rings. The fourth-order valence-corrected chi connectivity index (χ4v) is 2.27. The molecule has 1 unspecified atom stereocenters. The Hall–Kier alpha value is -0.940. The molecule has 2 heterocycles. The van der Waals surface area contributed by atoms with Gasteiger partial charge in [-0.15, -0.1) is 0 Å². The molecule has 0 radical (unpaired) electrons. The zero-order valence-corrected chi connectivity index (χ0v) is 10.2. The Bertz CT molecular complexity index is 322. The number of hydrogen-bond acceptors (Lipinski definition) is 4. The van der Waals surface area contributed by atoms with Gasteiger partial charge in [0.1, 0.15) is 12.2 Å². The quantitative estimate of drug-likeness (QED) is 0.806. The van der Waals surface area contributed by atoms with Crippen LogP contribution in [0.1, 0.15) is 26.1 Å². The lowest BCUT2D eigenvalue weighted by Crippen LogP contribution is -2.50. The molecule has 1 atom stereocenters. The van der Waals surface area contributed by atoms with Crippen molar-refractivity contribution in [1.29, 1.82) is 0 Å². The van der Waals surface area contributed by atoms with Crippen molar-refractivity contribution in [1.82, 2.24) is 25.0 Å². The lowest BCUT2D eigenvalue weighted by Gasteiger charge is -2.35. The van der Waals surface area contributed by atoms with Crippen molar-refractivity contribution < 1.29 is 0 Å². The molecule has 0 spiro atoms. The summed E-state index contributed by atoms with van der Waals surface area (Å²) in [5.74, 6) is 1.09. The van der Waals surface area contributed by atoms with Crippen LogP contribution in [0.3, 0.4) is 0 Å². The molecule has 1 N–H and O–H groups in total. The van der Waals surface area contributed by atoms with E-state index in [0.717, 1.165) is 38.5 Å². The van der Waals surface area contributed by atoms with Crippen LogP contribution < -0.4 is 5.32 Å². The molecule has 2 rings (SSSR count). The van der Waals surface area contributed by atoms with Crippen LogP contribution in [0.4, 0.5) is 0 Å². The number of nitrogens with one attached hydrogen (secondary N) is 1. The maximum Gasteiger partial charge on any atom is 0.141 e. The van der Waals surface area contributed by atoms with E-state index in [2.05, 4.69) is 34.1 Å². The monoisotopic (exact) mass is 223 g/mol. The molecule has 16 heavy (non-hydrogen) atoms. The van der Waals surface area contributed by atoms with Gasteiger partial charge in [0.25, 0.3) is 0 Å². The summed E-state index contributed by atoms with van der Waals surface area (Å²) in [6, 6.07) is 0.635. The average molecular weight is 223 g/mol. The normalized spacial score (nSPS) is 22.5. The van der Waals surface area contributed by atoms with E-state index in [1.165, 1.54) is 6.42 Å². The molecule has 0 amide bonds. The van der Waals surface area contributed by atoms with Crippen LogP contribution in [0.15, 0.2) is 6.33 Å². The van der Waals surface area contributed by atoms with E-state index < -0.39 is 0 Å². The number of aryl methyl sites for hydroxylation is 1. The molecule has 1 aliphatic heterocycles. The number of piperazine rings is 1. The maximum absolute atomic E-state index is 4.34. The predicted octanol–water partition coefficient (Wildman–Crippen LogP) is 0.482. The van der Waals surface area contributed by atoms with E-state index in [9.17, 15) is 0 Å². The van der Waals surface area contributed by atoms with Crippen molar-refractivity contribution in [3.05, 3.63) is 12.2 Å². The molecule has 0 bridgehead atoms. The van der Waals surface area contributed by atoms with Gasteiger partial charge >= 0.3 is 0 Å². The number of nitrogens with zero attached hydrogens (tertiary/aromatic N) is 4. The van der Waals surface area contributed by atoms with Crippen molar-refractivity contribution >= 4 is 0 Å². The molecule has 0 aliphatic carbocycles. The average Bonchev–Trinajstić information content (AvgIpc) is 2.77. The molecule has 0 saturated carbocycles. The first-order valence-electron chi connectivity index (χ1n) is 6.16. The highest BCUT2D eigenvalue weighted by atomic mass is 15.4. The molecule has 0 aromatic carbocycles. The van der Waals surface area contributed by atoms with Gasteiger partial charge in [0.2, 0.25) is 0 Å². The summed E-state index contributed by atoms with van der Waals surface area (Å²) < 4.78 is 1.98. The first kappa shape index (κ1) is 11.5. The van der Waals surface area contributed by atoms with Gasteiger partial charge in [-0.2, -0.15) is 5.10 Å². The highest BCUT2D eigenvalue weighted by Crippen LogP contribution is 2.10. The van der Waals surface area contributed by atoms with E-state index >= 15 is 0 Å². The molecule has 5 heteroatoms. The highest BCUT2D eigenvalue weighted by Gasteiger charge is 2.21. The Morgan fingerprint density at radius 3 is 3.12 bits per heavy atom. The fourth-order valence-electron chi connectivity index (χ4n) is 2.27. The van der Waals surface area contributed by atoms with Crippen LogP contribution in [-0.2, 0) is 13.1 Å². The lowest BCUT2D eigenvalue weighted by atomic mass is 10.1. The van der Waals surface area contributed by atoms with Crippen molar-refractivity contribution in [3.8, 4) is 0 Å². The Morgan fingerprint density at radius 1 is 1.50 bits per heavy atom. The molecular formula is C11H21N5. The number of hydrogen-bond donors (Lipinski definition) is 1. The zero-order valence-electron chi connectivity index (χ0n) is 10.2. The number of rotatable bonds is 4. The lowest BCUT2D eigenvalue weighted by molar-refractivity contribution is 0.143. The molecular weight excluding hydrogens is 202 g/mol. The Balaban J connectivity index is 2.02. The van der Waals surface area contributed by atoms with Gasteiger partial charge in [-0.25, -0.2) is 9.67 Å². The van der Waals surface area contributed by atoms with Gasteiger partial charge in [-0.05, 0) is 13.3 Å². The van der Waals surface area contributed by atoms with Gasteiger partial charge in [0, 0.05) is 32.2 Å². The Morgan fingerprint density at radius 2 is 2.38 bits per heavy atom. The zero-order chi connectivity index (χ0) is 11.4. The van der Waals surface area contributed by atoms with Gasteiger partial charge in [0.05, 0.1) is 6.54 Å². The second-order valence-corrected chi connectivity index (χ2v) is 4.23. The van der Waals surface area contributed by atoms with E-state index in [4.69, 9.17) is 0 Å². The van der Waals surface area contributed by atoms with Crippen LogP contribution in [0.2, 0.25) is 0 Å². The first-order chi connectivity index (χ1) is 7.85. The predicted molar refractivity (Wildman–Crippen MR) is 63.1 cm³/mol. The summed E-state index contributed by atoms with van der Waals surface area (Å²) in [6.07, 6.45) is 2.84. The van der Waals surface area contributed by atoms with Crippen LogP contribution in [-0.4, -0.2) is 45.3 Å². The maximum atomic E-state index is 4.34. The minimum absolute atomic E-state index is 0.635. The van der Waals surface area contributed by atoms with Crippen LogP contribution in [0.5, 0.6) is 0 Å². The summed E-state index contributed by atoms with van der Waals surface area (Å²) in [7, 11) is 0. The van der Waals surface area contributed by atoms with Crippen LogP contribution in [0, 0.1) is 0 Å². The molecule has 1 aromatic heterocycles. The summed E-state index contributed by atoms with van der Waals surface area (Å²) in [4.78, 5) is 6.85. The fraction of sp³-hybridized carbons (Fsp3) is 0.818. The van der Waals surface area contributed by atoms with Crippen molar-refractivity contribution in [3.63, 3.8) is 0 Å². The topological polar surface area (TPSA) is 46.0 Å². The minimum atomic E-state index is 0.635. The first-order valence-corrected chi connectivity index (χ1v) is 6.16. The summed E-state index contributed by atoms with van der Waals surface area (Å²) in [5, 5.41) is 7.65. The largest absolute Gasteiger partial charge is 0.314 e. The van der Waals surface area contributed by atoms with E-state index in [1.54, 1.807) is 6.33 Å². The third-order valence-electron chi connectivity index (χ3n) is 3.28. The van der Waals surface area contributed by atoms with Gasteiger partial charge < -0.3 is 5.32 Å². The van der Waals surface area contributed by atoms with E-state index in [0.29, 0.717) is 6.04 Å². The van der Waals surface area contributed by atoms with E-state index in [-0.39, 0.29) is 0 Å².